The lowest BCUT2D eigenvalue weighted by Crippen LogP contribution is -2.11. The van der Waals surface area contributed by atoms with Crippen molar-refractivity contribution in [2.75, 3.05) is 7.11 Å². The van der Waals surface area contributed by atoms with Crippen LogP contribution in [0.3, 0.4) is 0 Å². The Balaban J connectivity index is 1.51. The molecule has 0 fully saturated rings. The van der Waals surface area contributed by atoms with E-state index in [-0.39, 0.29) is 6.29 Å². The maximum absolute atomic E-state index is 6.00. The van der Waals surface area contributed by atoms with E-state index in [2.05, 4.69) is 16.5 Å². The molecule has 4 nitrogen and oxygen atoms in total. The number of benzene rings is 2. The van der Waals surface area contributed by atoms with Gasteiger partial charge in [0, 0.05) is 18.2 Å². The van der Waals surface area contributed by atoms with Gasteiger partial charge in [-0.25, -0.2) is 0 Å². The number of hydrogen-bond acceptors (Lipinski definition) is 5. The highest BCUT2D eigenvalue weighted by Crippen LogP contribution is 2.36. The Labute approximate surface area is 150 Å². The van der Waals surface area contributed by atoms with Gasteiger partial charge in [0.1, 0.15) is 16.9 Å². The summed E-state index contributed by atoms with van der Waals surface area (Å²) in [6.07, 6.45) is 3.95. The molecule has 1 aliphatic heterocycles. The van der Waals surface area contributed by atoms with Gasteiger partial charge < -0.3 is 14.2 Å². The first-order valence-electron chi connectivity index (χ1n) is 7.99. The van der Waals surface area contributed by atoms with Crippen LogP contribution in [0.25, 0.3) is 16.9 Å². The summed E-state index contributed by atoms with van der Waals surface area (Å²) in [5, 5.41) is 0. The summed E-state index contributed by atoms with van der Waals surface area (Å²) in [5.74, 6) is 1.56. The summed E-state index contributed by atoms with van der Waals surface area (Å²) in [5.41, 5.74) is 3.28. The second-order valence-corrected chi connectivity index (χ2v) is 6.45. The maximum atomic E-state index is 6.00. The van der Waals surface area contributed by atoms with Crippen LogP contribution in [-0.2, 0) is 15.9 Å². The van der Waals surface area contributed by atoms with Crippen LogP contribution in [0.1, 0.15) is 10.4 Å². The van der Waals surface area contributed by atoms with Crippen molar-refractivity contribution in [3.63, 3.8) is 0 Å². The van der Waals surface area contributed by atoms with E-state index in [4.69, 9.17) is 14.2 Å². The largest absolute Gasteiger partial charge is 0.497 e. The molecule has 5 heteroatoms. The summed E-state index contributed by atoms with van der Waals surface area (Å²) in [4.78, 5) is 0.973. The van der Waals surface area contributed by atoms with E-state index < -0.39 is 0 Å². The molecule has 1 aliphatic rings. The Kier molecular flexibility index (Phi) is 4.39. The minimum absolute atomic E-state index is 0.303. The van der Waals surface area contributed by atoms with Crippen molar-refractivity contribution in [3.8, 4) is 16.9 Å². The topological polar surface area (TPSA) is 40.6 Å². The lowest BCUT2D eigenvalue weighted by Gasteiger charge is -2.12. The van der Waals surface area contributed by atoms with Crippen LogP contribution in [0.15, 0.2) is 67.1 Å². The van der Waals surface area contributed by atoms with Crippen LogP contribution < -0.4 is 4.74 Å². The van der Waals surface area contributed by atoms with Gasteiger partial charge in [-0.3, -0.25) is 0 Å². The predicted octanol–water partition coefficient (Wildman–Crippen LogP) is 4.73. The Morgan fingerprint density at radius 3 is 2.64 bits per heavy atom. The summed E-state index contributed by atoms with van der Waals surface area (Å²) in [6, 6.07) is 18.1. The minimum Gasteiger partial charge on any atom is -0.497 e. The van der Waals surface area contributed by atoms with Gasteiger partial charge in [-0.1, -0.05) is 42.5 Å². The SMILES string of the molecule is COc1ccc(-c2cnsc2C2=COC(Cc3ccccc3)O2)cc1. The molecule has 0 N–H and O–H groups in total. The van der Waals surface area contributed by atoms with Crippen molar-refractivity contribution in [1.29, 1.82) is 0 Å². The molecular weight excluding hydrogens is 334 g/mol. The highest BCUT2D eigenvalue weighted by molar-refractivity contribution is 7.07. The fourth-order valence-corrected chi connectivity index (χ4v) is 3.45. The van der Waals surface area contributed by atoms with Gasteiger partial charge >= 0.3 is 0 Å². The van der Waals surface area contributed by atoms with Crippen LogP contribution in [0.4, 0.5) is 0 Å². The first kappa shape index (κ1) is 15.7. The zero-order chi connectivity index (χ0) is 17.1. The minimum atomic E-state index is -0.303. The molecule has 3 aromatic rings. The first-order valence-corrected chi connectivity index (χ1v) is 8.76. The van der Waals surface area contributed by atoms with Crippen LogP contribution in [0.2, 0.25) is 0 Å². The van der Waals surface area contributed by atoms with Crippen molar-refractivity contribution < 1.29 is 14.2 Å². The van der Waals surface area contributed by atoms with Gasteiger partial charge in [-0.05, 0) is 34.8 Å². The molecule has 1 aromatic heterocycles. The van der Waals surface area contributed by atoms with E-state index in [9.17, 15) is 0 Å². The summed E-state index contributed by atoms with van der Waals surface area (Å²) < 4.78 is 21.2. The number of aromatic nitrogens is 1. The van der Waals surface area contributed by atoms with E-state index >= 15 is 0 Å². The molecule has 2 heterocycles. The summed E-state index contributed by atoms with van der Waals surface area (Å²) in [6.45, 7) is 0. The number of rotatable bonds is 5. The fraction of sp³-hybridized carbons (Fsp3) is 0.150. The van der Waals surface area contributed by atoms with Gasteiger partial charge in [0.15, 0.2) is 5.76 Å². The molecule has 0 amide bonds. The van der Waals surface area contributed by atoms with Gasteiger partial charge in [0.2, 0.25) is 6.29 Å². The van der Waals surface area contributed by atoms with E-state index in [1.165, 1.54) is 17.1 Å². The molecular formula is C20H17NO3S. The lowest BCUT2D eigenvalue weighted by atomic mass is 10.1. The van der Waals surface area contributed by atoms with Crippen molar-refractivity contribution in [1.82, 2.24) is 4.37 Å². The number of nitrogens with zero attached hydrogens (tertiary/aromatic N) is 1. The van der Waals surface area contributed by atoms with Crippen LogP contribution in [0, 0.1) is 0 Å². The predicted molar refractivity (Wildman–Crippen MR) is 98.2 cm³/mol. The smallest absolute Gasteiger partial charge is 0.244 e. The normalized spacial score (nSPS) is 16.0. The average molecular weight is 351 g/mol. The van der Waals surface area contributed by atoms with E-state index in [1.807, 2.05) is 48.7 Å². The molecule has 0 aliphatic carbocycles. The third-order valence-corrected chi connectivity index (χ3v) is 4.84. The van der Waals surface area contributed by atoms with E-state index in [0.29, 0.717) is 6.42 Å². The molecule has 2 aromatic carbocycles. The van der Waals surface area contributed by atoms with Crippen molar-refractivity contribution in [2.24, 2.45) is 0 Å². The third-order valence-electron chi connectivity index (χ3n) is 4.03. The second-order valence-electron chi connectivity index (χ2n) is 5.65. The molecule has 25 heavy (non-hydrogen) atoms. The lowest BCUT2D eigenvalue weighted by molar-refractivity contribution is -0.0134. The van der Waals surface area contributed by atoms with E-state index in [0.717, 1.165) is 27.5 Å². The molecule has 126 valence electrons. The molecule has 0 saturated carbocycles. The molecule has 0 bridgehead atoms. The second kappa shape index (κ2) is 6.99. The molecule has 0 spiro atoms. The number of methoxy groups -OCH3 is 1. The number of ether oxygens (including phenoxy) is 3. The Morgan fingerprint density at radius 2 is 1.88 bits per heavy atom. The fourth-order valence-electron chi connectivity index (χ4n) is 2.73. The van der Waals surface area contributed by atoms with Gasteiger partial charge in [0.25, 0.3) is 0 Å². The van der Waals surface area contributed by atoms with Gasteiger partial charge in [0.05, 0.1) is 7.11 Å². The number of hydrogen-bond donors (Lipinski definition) is 0. The summed E-state index contributed by atoms with van der Waals surface area (Å²) >= 11 is 1.41. The third kappa shape index (κ3) is 3.37. The van der Waals surface area contributed by atoms with Crippen LogP contribution >= 0.6 is 11.5 Å². The molecule has 0 radical (unpaired) electrons. The van der Waals surface area contributed by atoms with Crippen molar-refractivity contribution in [2.45, 2.75) is 12.7 Å². The molecule has 4 rings (SSSR count). The van der Waals surface area contributed by atoms with Crippen molar-refractivity contribution in [3.05, 3.63) is 77.5 Å². The van der Waals surface area contributed by atoms with E-state index in [1.54, 1.807) is 13.4 Å². The van der Waals surface area contributed by atoms with Crippen molar-refractivity contribution >= 4 is 17.3 Å². The van der Waals surface area contributed by atoms with Gasteiger partial charge in [-0.2, -0.15) is 4.37 Å². The first-order chi connectivity index (χ1) is 12.3. The highest BCUT2D eigenvalue weighted by Gasteiger charge is 2.24. The maximum Gasteiger partial charge on any atom is 0.244 e. The zero-order valence-corrected chi connectivity index (χ0v) is 14.5. The van der Waals surface area contributed by atoms with Gasteiger partial charge in [-0.15, -0.1) is 0 Å². The Hall–Kier alpha value is -2.79. The Bertz CT molecular complexity index is 871. The zero-order valence-electron chi connectivity index (χ0n) is 13.7. The molecule has 1 unspecified atom stereocenters. The summed E-state index contributed by atoms with van der Waals surface area (Å²) in [7, 11) is 1.66. The monoisotopic (exact) mass is 351 g/mol. The van der Waals surface area contributed by atoms with Crippen LogP contribution in [-0.4, -0.2) is 17.8 Å². The quantitative estimate of drug-likeness (QED) is 0.666. The molecule has 0 saturated heterocycles. The van der Waals surface area contributed by atoms with Crippen LogP contribution in [0.5, 0.6) is 5.75 Å². The molecule has 1 atom stereocenters. The Morgan fingerprint density at radius 1 is 1.08 bits per heavy atom. The highest BCUT2D eigenvalue weighted by atomic mass is 32.1. The standard InChI is InChI=1S/C20H17NO3S/c1-22-16-9-7-15(8-10-16)17-12-21-25-20(17)18-13-23-19(24-18)11-14-5-3-2-4-6-14/h2-10,12-13,19H,11H2,1H3. The average Bonchev–Trinajstić information content (AvgIpc) is 3.32.